The largest absolute Gasteiger partial charge is 0.379 e. The SMILES string of the molecule is Cc1ncc(Cc2ccccc2)c([C@H]2CCCN(C(=O)[C@H](c3cccnc3)N3CCOCC3)C2)n1. The zero-order chi connectivity index (χ0) is 24.0. The van der Waals surface area contributed by atoms with E-state index in [2.05, 4.69) is 39.1 Å². The predicted octanol–water partition coefficient (Wildman–Crippen LogP) is 3.55. The Hall–Kier alpha value is -3.16. The van der Waals surface area contributed by atoms with Crippen LogP contribution in [0.5, 0.6) is 0 Å². The van der Waals surface area contributed by atoms with Crippen molar-refractivity contribution in [3.8, 4) is 0 Å². The van der Waals surface area contributed by atoms with Gasteiger partial charge in [0, 0.05) is 57.1 Å². The van der Waals surface area contributed by atoms with Crippen molar-refractivity contribution >= 4 is 5.91 Å². The van der Waals surface area contributed by atoms with E-state index in [0.29, 0.717) is 19.8 Å². The molecule has 2 aromatic heterocycles. The van der Waals surface area contributed by atoms with Gasteiger partial charge in [-0.05, 0) is 42.5 Å². The minimum absolute atomic E-state index is 0.153. The summed E-state index contributed by atoms with van der Waals surface area (Å²) in [6.07, 6.45) is 8.34. The van der Waals surface area contributed by atoms with Gasteiger partial charge in [0.1, 0.15) is 11.9 Å². The van der Waals surface area contributed by atoms with Crippen molar-refractivity contribution in [2.75, 3.05) is 39.4 Å². The Kier molecular flexibility index (Phi) is 7.45. The number of carbonyl (C=O) groups excluding carboxylic acids is 1. The number of likely N-dealkylation sites (tertiary alicyclic amines) is 1. The Balaban J connectivity index is 1.39. The molecule has 2 aliphatic rings. The van der Waals surface area contributed by atoms with Crippen molar-refractivity contribution in [3.05, 3.63) is 89.3 Å². The molecule has 5 rings (SSSR count). The van der Waals surface area contributed by atoms with Crippen LogP contribution in [0.15, 0.2) is 61.1 Å². The van der Waals surface area contributed by atoms with Crippen LogP contribution in [0.2, 0.25) is 0 Å². The van der Waals surface area contributed by atoms with Crippen molar-refractivity contribution in [1.82, 2.24) is 24.8 Å². The van der Waals surface area contributed by atoms with Crippen molar-refractivity contribution in [1.29, 1.82) is 0 Å². The van der Waals surface area contributed by atoms with E-state index in [1.54, 1.807) is 6.20 Å². The van der Waals surface area contributed by atoms with Crippen LogP contribution < -0.4 is 0 Å². The lowest BCUT2D eigenvalue weighted by molar-refractivity contribution is -0.140. The fraction of sp³-hybridized carbons (Fsp3) is 0.429. The number of pyridine rings is 1. The summed E-state index contributed by atoms with van der Waals surface area (Å²) in [4.78, 5) is 32.0. The van der Waals surface area contributed by atoms with Gasteiger partial charge in [0.2, 0.25) is 5.91 Å². The van der Waals surface area contributed by atoms with E-state index in [0.717, 1.165) is 61.5 Å². The monoisotopic (exact) mass is 471 g/mol. The molecule has 0 aliphatic carbocycles. The second-order valence-electron chi connectivity index (χ2n) is 9.45. The standard InChI is InChI=1S/C28H33N5O2/c1-21-30-19-25(17-22-7-3-2-4-8-22)26(31-21)24-10-6-12-33(20-24)28(34)27(23-9-5-11-29-18-23)32-13-15-35-16-14-32/h2-5,7-9,11,18-19,24,27H,6,10,12-17,20H2,1H3/t24-,27-/m0/s1. The first-order valence-electron chi connectivity index (χ1n) is 12.6. The Morgan fingerprint density at radius 3 is 2.69 bits per heavy atom. The molecule has 0 saturated carbocycles. The normalized spacial score (nSPS) is 19.9. The Morgan fingerprint density at radius 1 is 1.09 bits per heavy atom. The number of hydrogen-bond donors (Lipinski definition) is 0. The maximum Gasteiger partial charge on any atom is 0.244 e. The van der Waals surface area contributed by atoms with Crippen LogP contribution in [0.4, 0.5) is 0 Å². The first-order valence-corrected chi connectivity index (χ1v) is 12.6. The average molecular weight is 472 g/mol. The molecule has 2 aliphatic heterocycles. The van der Waals surface area contributed by atoms with Crippen molar-refractivity contribution in [2.24, 2.45) is 0 Å². The highest BCUT2D eigenvalue weighted by atomic mass is 16.5. The van der Waals surface area contributed by atoms with E-state index >= 15 is 0 Å². The third-order valence-electron chi connectivity index (χ3n) is 7.02. The summed E-state index contributed by atoms with van der Waals surface area (Å²) in [5, 5.41) is 0. The minimum Gasteiger partial charge on any atom is -0.379 e. The van der Waals surface area contributed by atoms with Gasteiger partial charge in [-0.15, -0.1) is 0 Å². The van der Waals surface area contributed by atoms with Crippen LogP contribution in [-0.4, -0.2) is 70.1 Å². The molecule has 182 valence electrons. The summed E-state index contributed by atoms with van der Waals surface area (Å²) in [7, 11) is 0. The summed E-state index contributed by atoms with van der Waals surface area (Å²) < 4.78 is 5.56. The molecule has 4 heterocycles. The fourth-order valence-corrected chi connectivity index (χ4v) is 5.27. The molecule has 0 radical (unpaired) electrons. The van der Waals surface area contributed by atoms with E-state index in [1.165, 1.54) is 5.56 Å². The van der Waals surface area contributed by atoms with E-state index in [1.807, 2.05) is 42.4 Å². The number of piperidine rings is 1. The lowest BCUT2D eigenvalue weighted by atomic mass is 9.89. The number of benzene rings is 1. The molecule has 1 amide bonds. The molecule has 1 aromatic carbocycles. The van der Waals surface area contributed by atoms with Crippen LogP contribution in [0.1, 0.15) is 53.0 Å². The molecule has 2 atom stereocenters. The first kappa shape index (κ1) is 23.6. The number of ether oxygens (including phenoxy) is 1. The highest BCUT2D eigenvalue weighted by Gasteiger charge is 2.35. The molecule has 2 fully saturated rings. The highest BCUT2D eigenvalue weighted by Crippen LogP contribution is 2.32. The van der Waals surface area contributed by atoms with E-state index < -0.39 is 0 Å². The zero-order valence-electron chi connectivity index (χ0n) is 20.3. The zero-order valence-corrected chi connectivity index (χ0v) is 20.3. The molecule has 35 heavy (non-hydrogen) atoms. The second kappa shape index (κ2) is 11.1. The number of amides is 1. The van der Waals surface area contributed by atoms with Gasteiger partial charge < -0.3 is 9.64 Å². The van der Waals surface area contributed by atoms with E-state index in [9.17, 15) is 4.79 Å². The molecule has 7 heteroatoms. The van der Waals surface area contributed by atoms with Gasteiger partial charge >= 0.3 is 0 Å². The summed E-state index contributed by atoms with van der Waals surface area (Å²) in [5.41, 5.74) is 4.43. The van der Waals surface area contributed by atoms with Crippen molar-refractivity contribution in [2.45, 2.75) is 38.1 Å². The second-order valence-corrected chi connectivity index (χ2v) is 9.45. The number of morpholine rings is 1. The van der Waals surface area contributed by atoms with Gasteiger partial charge in [0.15, 0.2) is 0 Å². The van der Waals surface area contributed by atoms with Crippen LogP contribution in [0.25, 0.3) is 0 Å². The minimum atomic E-state index is -0.331. The molecule has 0 bridgehead atoms. The molecule has 0 spiro atoms. The number of aromatic nitrogens is 3. The highest BCUT2D eigenvalue weighted by molar-refractivity contribution is 5.83. The van der Waals surface area contributed by atoms with E-state index in [4.69, 9.17) is 9.72 Å². The van der Waals surface area contributed by atoms with Crippen molar-refractivity contribution < 1.29 is 9.53 Å². The maximum absolute atomic E-state index is 14.0. The van der Waals surface area contributed by atoms with Gasteiger partial charge in [-0.2, -0.15) is 0 Å². The van der Waals surface area contributed by atoms with E-state index in [-0.39, 0.29) is 17.9 Å². The Labute approximate surface area is 207 Å². The summed E-state index contributed by atoms with van der Waals surface area (Å²) in [6.45, 7) is 6.18. The number of carbonyl (C=O) groups is 1. The van der Waals surface area contributed by atoms with Gasteiger partial charge in [0.05, 0.1) is 18.9 Å². The quantitative estimate of drug-likeness (QED) is 0.548. The molecule has 0 unspecified atom stereocenters. The number of nitrogens with zero attached hydrogens (tertiary/aromatic N) is 5. The number of rotatable bonds is 6. The average Bonchev–Trinajstić information content (AvgIpc) is 2.92. The van der Waals surface area contributed by atoms with Crippen LogP contribution in [0.3, 0.4) is 0 Å². The number of aryl methyl sites for hydroxylation is 1. The van der Waals surface area contributed by atoms with Crippen LogP contribution in [-0.2, 0) is 16.0 Å². The molecular formula is C28H33N5O2. The molecular weight excluding hydrogens is 438 g/mol. The van der Waals surface area contributed by atoms with Gasteiger partial charge in [-0.1, -0.05) is 36.4 Å². The Bertz CT molecular complexity index is 1120. The summed E-state index contributed by atoms with van der Waals surface area (Å²) in [5.74, 6) is 1.13. The lowest BCUT2D eigenvalue weighted by Gasteiger charge is -2.39. The molecule has 0 N–H and O–H groups in total. The lowest BCUT2D eigenvalue weighted by Crippen LogP contribution is -2.49. The topological polar surface area (TPSA) is 71.5 Å². The maximum atomic E-state index is 14.0. The Morgan fingerprint density at radius 2 is 1.91 bits per heavy atom. The third-order valence-corrected chi connectivity index (χ3v) is 7.02. The number of hydrogen-bond acceptors (Lipinski definition) is 6. The molecule has 2 saturated heterocycles. The van der Waals surface area contributed by atoms with Crippen LogP contribution in [0, 0.1) is 6.92 Å². The first-order chi connectivity index (χ1) is 17.2. The fourth-order valence-electron chi connectivity index (χ4n) is 5.27. The van der Waals surface area contributed by atoms with Gasteiger partial charge in [0.25, 0.3) is 0 Å². The van der Waals surface area contributed by atoms with Crippen molar-refractivity contribution in [3.63, 3.8) is 0 Å². The molecule has 3 aromatic rings. The smallest absolute Gasteiger partial charge is 0.244 e. The molecule has 7 nitrogen and oxygen atoms in total. The summed E-state index contributed by atoms with van der Waals surface area (Å²) in [6, 6.07) is 14.0. The summed E-state index contributed by atoms with van der Waals surface area (Å²) >= 11 is 0. The van der Waals surface area contributed by atoms with Crippen LogP contribution >= 0.6 is 0 Å². The van der Waals surface area contributed by atoms with Gasteiger partial charge in [-0.3, -0.25) is 14.7 Å². The van der Waals surface area contributed by atoms with Gasteiger partial charge in [-0.25, -0.2) is 9.97 Å². The predicted molar refractivity (Wildman–Crippen MR) is 134 cm³/mol. The third kappa shape index (κ3) is 5.57.